The number of hydrazine groups is 1. The Morgan fingerprint density at radius 3 is 2.44 bits per heavy atom. The van der Waals surface area contributed by atoms with E-state index in [9.17, 15) is 14.4 Å². The number of hydrogen-bond acceptors (Lipinski definition) is 10. The maximum Gasteiger partial charge on any atom is 0.324 e. The van der Waals surface area contributed by atoms with Gasteiger partial charge in [-0.15, -0.1) is 0 Å². The molecule has 3 aliphatic rings. The average Bonchev–Trinajstić information content (AvgIpc) is 3.74. The summed E-state index contributed by atoms with van der Waals surface area (Å²) in [5, 5.41) is 5.56. The standard InChI is InChI=1S/C46H70N6O7/c1-12-34(41(47-14-3)32(8)56-11)42-36(35-26-33(50-20-23-57-24-21-50)17-18-39(35)51(42)22-25-58-29(4)5)27-46(9,10)28-59-45(55)38-16-15-19-52(49-38)44(54)37(13-2)48-43(53)40-30(6)31(40)7/h12,14,17-18,26,29-32,37-38,40,49H,1,13,15-16,19-25,27-28H2,2-11H3,(H,48,53)/b41-34+,47-14-/t30-,31+,32-,37-,38-,40+/m0/s1. The van der Waals surface area contributed by atoms with Gasteiger partial charge in [0, 0.05) is 73.0 Å². The van der Waals surface area contributed by atoms with Crippen LogP contribution in [0.1, 0.15) is 92.8 Å². The fourth-order valence-corrected chi connectivity index (χ4v) is 8.44. The van der Waals surface area contributed by atoms with Gasteiger partial charge in [-0.2, -0.15) is 0 Å². The fourth-order valence-electron chi connectivity index (χ4n) is 8.44. The number of fused-ring (bicyclic) bond motifs is 1. The smallest absolute Gasteiger partial charge is 0.324 e. The normalized spacial score (nSPS) is 22.7. The second-order valence-electron chi connectivity index (χ2n) is 17.4. The van der Waals surface area contributed by atoms with Crippen molar-refractivity contribution in [3.8, 4) is 0 Å². The van der Waals surface area contributed by atoms with E-state index in [-0.39, 0.29) is 36.5 Å². The summed E-state index contributed by atoms with van der Waals surface area (Å²) in [7, 11) is 1.68. The maximum atomic E-state index is 13.8. The molecular formula is C46H70N6O7. The number of amides is 2. The van der Waals surface area contributed by atoms with Crippen LogP contribution in [0.3, 0.4) is 0 Å². The highest BCUT2D eigenvalue weighted by Gasteiger charge is 2.49. The van der Waals surface area contributed by atoms with Crippen molar-refractivity contribution < 1.29 is 33.3 Å². The van der Waals surface area contributed by atoms with Gasteiger partial charge < -0.3 is 33.7 Å². The second kappa shape index (κ2) is 20.5. The van der Waals surface area contributed by atoms with E-state index in [1.807, 2.05) is 40.7 Å². The first-order valence-corrected chi connectivity index (χ1v) is 21.7. The molecule has 5 rings (SSSR count). The zero-order chi connectivity index (χ0) is 43.0. The number of nitrogens with zero attached hydrogens (tertiary/aromatic N) is 4. The topological polar surface area (TPSA) is 136 Å². The molecule has 0 bridgehead atoms. The van der Waals surface area contributed by atoms with Crippen molar-refractivity contribution >= 4 is 46.2 Å². The van der Waals surface area contributed by atoms with Crippen LogP contribution in [0.5, 0.6) is 0 Å². The third kappa shape index (κ3) is 11.0. The Balaban J connectivity index is 1.44. The van der Waals surface area contributed by atoms with Crippen molar-refractivity contribution in [2.45, 2.75) is 119 Å². The first-order chi connectivity index (χ1) is 28.2. The lowest BCUT2D eigenvalue weighted by Crippen LogP contribution is -2.60. The van der Waals surface area contributed by atoms with Crippen LogP contribution in [0.25, 0.3) is 16.5 Å². The van der Waals surface area contributed by atoms with Gasteiger partial charge in [0.2, 0.25) is 5.91 Å². The molecule has 0 spiro atoms. The third-order valence-electron chi connectivity index (χ3n) is 12.2. The number of benzene rings is 1. The quantitative estimate of drug-likeness (QED) is 0.0948. The zero-order valence-corrected chi connectivity index (χ0v) is 37.3. The number of rotatable bonds is 19. The summed E-state index contributed by atoms with van der Waals surface area (Å²) in [6.45, 7) is 27.2. The van der Waals surface area contributed by atoms with Gasteiger partial charge in [0.25, 0.3) is 5.91 Å². The molecule has 0 unspecified atom stereocenters. The monoisotopic (exact) mass is 819 g/mol. The van der Waals surface area contributed by atoms with Crippen LogP contribution in [-0.2, 0) is 46.3 Å². The highest BCUT2D eigenvalue weighted by molar-refractivity contribution is 5.95. The van der Waals surface area contributed by atoms with E-state index in [0.29, 0.717) is 70.4 Å². The van der Waals surface area contributed by atoms with E-state index < -0.39 is 23.5 Å². The van der Waals surface area contributed by atoms with Crippen molar-refractivity contribution in [1.29, 1.82) is 0 Å². The van der Waals surface area contributed by atoms with Crippen LogP contribution >= 0.6 is 0 Å². The van der Waals surface area contributed by atoms with Crippen LogP contribution < -0.4 is 15.6 Å². The van der Waals surface area contributed by atoms with Crippen molar-refractivity contribution in [3.05, 3.63) is 47.8 Å². The maximum absolute atomic E-state index is 13.8. The number of esters is 1. The first-order valence-electron chi connectivity index (χ1n) is 21.7. The Morgan fingerprint density at radius 2 is 1.83 bits per heavy atom. The molecule has 3 fully saturated rings. The molecular weight excluding hydrogens is 749 g/mol. The highest BCUT2D eigenvalue weighted by Crippen LogP contribution is 2.45. The Bertz CT molecular complexity index is 1850. The summed E-state index contributed by atoms with van der Waals surface area (Å²) in [6, 6.07) is 5.31. The summed E-state index contributed by atoms with van der Waals surface area (Å²) < 4.78 is 26.1. The van der Waals surface area contributed by atoms with Gasteiger partial charge in [-0.05, 0) is 89.0 Å². The van der Waals surface area contributed by atoms with Gasteiger partial charge in [0.1, 0.15) is 12.1 Å². The minimum atomic E-state index is -0.685. The highest BCUT2D eigenvalue weighted by atomic mass is 16.5. The fraction of sp³-hybridized carbons (Fsp3) is 0.652. The number of methoxy groups -OCH3 is 1. The number of aliphatic imine (C=N–C) groups is 1. The molecule has 6 atom stereocenters. The number of hydrogen-bond donors (Lipinski definition) is 2. The van der Waals surface area contributed by atoms with Crippen molar-refractivity contribution in [2.24, 2.45) is 28.2 Å². The number of aromatic nitrogens is 1. The van der Waals surface area contributed by atoms with E-state index in [4.69, 9.17) is 23.9 Å². The minimum absolute atomic E-state index is 0.0595. The van der Waals surface area contributed by atoms with Crippen molar-refractivity contribution in [1.82, 2.24) is 20.3 Å². The molecule has 59 heavy (non-hydrogen) atoms. The summed E-state index contributed by atoms with van der Waals surface area (Å²) in [5.74, 6) is -0.152. The van der Waals surface area contributed by atoms with Crippen LogP contribution in [0.4, 0.5) is 5.69 Å². The lowest BCUT2D eigenvalue weighted by molar-refractivity contribution is -0.155. The number of carbonyl (C=O) groups excluding carboxylic acids is 3. The average molecular weight is 819 g/mol. The molecule has 13 nitrogen and oxygen atoms in total. The Morgan fingerprint density at radius 1 is 1.12 bits per heavy atom. The van der Waals surface area contributed by atoms with Crippen molar-refractivity contribution in [2.75, 3.05) is 58.1 Å². The van der Waals surface area contributed by atoms with E-state index in [1.54, 1.807) is 13.3 Å². The van der Waals surface area contributed by atoms with Gasteiger partial charge in [-0.3, -0.25) is 24.4 Å². The molecule has 2 aliphatic heterocycles. The summed E-state index contributed by atoms with van der Waals surface area (Å²) in [5.41, 5.74) is 8.53. The van der Waals surface area contributed by atoms with Crippen LogP contribution in [0.2, 0.25) is 0 Å². The number of nitrogens with one attached hydrogen (secondary N) is 2. The molecule has 13 heteroatoms. The number of morpholine rings is 1. The second-order valence-corrected chi connectivity index (χ2v) is 17.4. The molecule has 2 aromatic rings. The Hall–Kier alpha value is -4.04. The number of anilines is 1. The SMILES string of the molecule is C=C/C(=C(\N=C/C)[C@H](C)OC)c1c(CC(C)(C)COC(=O)[C@@H]2CCCN(C(=O)[C@H](CC)NC(=O)[C@H]3[C@H](C)[C@@H]3C)N2)c2cc(N3CCOCC3)ccc2n1CCOC(C)C. The number of carbonyl (C=O) groups is 3. The van der Waals surface area contributed by atoms with Gasteiger partial charge in [0.05, 0.1) is 50.0 Å². The van der Waals surface area contributed by atoms with Gasteiger partial charge >= 0.3 is 5.97 Å². The van der Waals surface area contributed by atoms with Crippen LogP contribution in [0, 0.1) is 23.2 Å². The summed E-state index contributed by atoms with van der Waals surface area (Å²) >= 11 is 0. The predicted octanol–water partition coefficient (Wildman–Crippen LogP) is 6.33. The molecule has 1 aliphatic carbocycles. The third-order valence-corrected chi connectivity index (χ3v) is 12.2. The van der Waals surface area contributed by atoms with Crippen LogP contribution in [-0.4, -0.2) is 111 Å². The summed E-state index contributed by atoms with van der Waals surface area (Å²) in [6.07, 6.45) is 5.61. The first kappa shape index (κ1) is 46.0. The predicted molar refractivity (Wildman–Crippen MR) is 234 cm³/mol. The van der Waals surface area contributed by atoms with E-state index in [1.165, 1.54) is 5.01 Å². The van der Waals surface area contributed by atoms with Crippen LogP contribution in [0.15, 0.2) is 41.5 Å². The molecule has 0 radical (unpaired) electrons. The molecule has 326 valence electrons. The number of allylic oxidation sites excluding steroid dienone is 2. The minimum Gasteiger partial charge on any atom is -0.464 e. The molecule has 3 heterocycles. The van der Waals surface area contributed by atoms with E-state index in [0.717, 1.165) is 52.2 Å². The largest absolute Gasteiger partial charge is 0.464 e. The lowest BCUT2D eigenvalue weighted by Gasteiger charge is -2.35. The van der Waals surface area contributed by atoms with Crippen molar-refractivity contribution in [3.63, 3.8) is 0 Å². The molecule has 1 saturated carbocycles. The Kier molecular flexibility index (Phi) is 16.0. The van der Waals surface area contributed by atoms with E-state index >= 15 is 0 Å². The van der Waals surface area contributed by atoms with Gasteiger partial charge in [-0.1, -0.05) is 47.3 Å². The van der Waals surface area contributed by atoms with E-state index in [2.05, 4.69) is 72.7 Å². The molecule has 2 amide bonds. The molecule has 2 saturated heterocycles. The molecule has 2 N–H and O–H groups in total. The van der Waals surface area contributed by atoms with Gasteiger partial charge in [0.15, 0.2) is 0 Å². The zero-order valence-electron chi connectivity index (χ0n) is 37.3. The summed E-state index contributed by atoms with van der Waals surface area (Å²) in [4.78, 5) is 47.4. The lowest BCUT2D eigenvalue weighted by atomic mass is 9.84. The molecule has 1 aromatic heterocycles. The van der Waals surface area contributed by atoms with Gasteiger partial charge in [-0.25, -0.2) is 5.43 Å². The Labute approximate surface area is 351 Å². The number of ether oxygens (including phenoxy) is 4. The molecule has 1 aromatic carbocycles.